The van der Waals surface area contributed by atoms with E-state index in [4.69, 9.17) is 14.7 Å². The van der Waals surface area contributed by atoms with Crippen molar-refractivity contribution in [2.45, 2.75) is 25.6 Å². The summed E-state index contributed by atoms with van der Waals surface area (Å²) in [6, 6.07) is 9.23. The van der Waals surface area contributed by atoms with E-state index < -0.39 is 0 Å². The molecule has 1 fully saturated rings. The van der Waals surface area contributed by atoms with E-state index in [9.17, 15) is 5.11 Å². The Bertz CT molecular complexity index is 469. The lowest BCUT2D eigenvalue weighted by Gasteiger charge is -2.36. The molecule has 2 rings (SSSR count). The van der Waals surface area contributed by atoms with Gasteiger partial charge in [0.25, 0.3) is 0 Å². The second kappa shape index (κ2) is 7.99. The van der Waals surface area contributed by atoms with Crippen molar-refractivity contribution in [3.63, 3.8) is 0 Å². The van der Waals surface area contributed by atoms with Gasteiger partial charge in [-0.1, -0.05) is 0 Å². The van der Waals surface area contributed by atoms with E-state index in [1.54, 1.807) is 12.1 Å². The van der Waals surface area contributed by atoms with Crippen LogP contribution in [0.3, 0.4) is 0 Å². The van der Waals surface area contributed by atoms with Gasteiger partial charge in [-0.25, -0.2) is 0 Å². The van der Waals surface area contributed by atoms with E-state index in [1.165, 1.54) is 0 Å². The molecule has 5 nitrogen and oxygen atoms in total. The quantitative estimate of drug-likeness (QED) is 0.802. The number of ether oxygens (including phenoxy) is 2. The van der Waals surface area contributed by atoms with Crippen molar-refractivity contribution < 1.29 is 14.6 Å². The average molecular weight is 290 g/mol. The van der Waals surface area contributed by atoms with Crippen LogP contribution in [-0.4, -0.2) is 55.1 Å². The van der Waals surface area contributed by atoms with Gasteiger partial charge in [-0.2, -0.15) is 5.26 Å². The van der Waals surface area contributed by atoms with E-state index in [0.29, 0.717) is 12.2 Å². The minimum Gasteiger partial charge on any atom is -0.494 e. The van der Waals surface area contributed by atoms with Gasteiger partial charge < -0.3 is 14.6 Å². The third-order valence-corrected chi connectivity index (χ3v) is 3.48. The number of benzene rings is 1. The summed E-state index contributed by atoms with van der Waals surface area (Å²) < 4.78 is 11.3. The molecule has 21 heavy (non-hydrogen) atoms. The topological polar surface area (TPSA) is 65.7 Å². The van der Waals surface area contributed by atoms with E-state index in [0.717, 1.165) is 31.8 Å². The number of nitrogens with zero attached hydrogens (tertiary/aromatic N) is 2. The Hall–Kier alpha value is -1.61. The molecule has 1 aliphatic heterocycles. The lowest BCUT2D eigenvalue weighted by atomic mass is 10.2. The van der Waals surface area contributed by atoms with Gasteiger partial charge >= 0.3 is 0 Å². The maximum atomic E-state index is 9.19. The van der Waals surface area contributed by atoms with Crippen LogP contribution in [0.15, 0.2) is 24.3 Å². The fraction of sp³-hybridized carbons (Fsp3) is 0.562. The predicted octanol–water partition coefficient (Wildman–Crippen LogP) is 1.41. The van der Waals surface area contributed by atoms with E-state index in [1.807, 2.05) is 19.1 Å². The molecular weight excluding hydrogens is 268 g/mol. The van der Waals surface area contributed by atoms with Crippen molar-refractivity contribution in [2.75, 3.05) is 32.8 Å². The number of hydrogen-bond acceptors (Lipinski definition) is 5. The van der Waals surface area contributed by atoms with Crippen LogP contribution in [0, 0.1) is 11.3 Å². The highest BCUT2D eigenvalue weighted by Crippen LogP contribution is 2.13. The normalized spacial score (nSPS) is 22.7. The maximum Gasteiger partial charge on any atom is 0.119 e. The molecule has 0 amide bonds. The Labute approximate surface area is 125 Å². The molecule has 0 aromatic heterocycles. The number of aliphatic hydroxyl groups excluding tert-OH is 1. The van der Waals surface area contributed by atoms with Gasteiger partial charge in [0.2, 0.25) is 0 Å². The molecule has 1 saturated heterocycles. The molecule has 2 unspecified atom stereocenters. The predicted molar refractivity (Wildman–Crippen MR) is 79.1 cm³/mol. The first-order valence-corrected chi connectivity index (χ1v) is 7.33. The molecule has 5 heteroatoms. The van der Waals surface area contributed by atoms with Crippen molar-refractivity contribution in [1.29, 1.82) is 5.26 Å². The van der Waals surface area contributed by atoms with Crippen molar-refractivity contribution >= 4 is 0 Å². The van der Waals surface area contributed by atoms with Crippen LogP contribution in [-0.2, 0) is 4.74 Å². The molecule has 0 bridgehead atoms. The minimum absolute atomic E-state index is 0.0720. The molecule has 1 heterocycles. The number of aliphatic hydroxyl groups is 1. The van der Waals surface area contributed by atoms with Crippen LogP contribution in [0.1, 0.15) is 18.9 Å². The summed E-state index contributed by atoms with van der Waals surface area (Å²) >= 11 is 0. The Kier molecular flexibility index (Phi) is 6.00. The third-order valence-electron chi connectivity index (χ3n) is 3.48. The first kappa shape index (κ1) is 15.8. The molecule has 0 radical (unpaired) electrons. The molecule has 1 aromatic carbocycles. The largest absolute Gasteiger partial charge is 0.494 e. The lowest BCUT2D eigenvalue weighted by molar-refractivity contribution is -0.0955. The van der Waals surface area contributed by atoms with Crippen molar-refractivity contribution in [1.82, 2.24) is 4.90 Å². The maximum absolute atomic E-state index is 9.19. The molecular formula is C16H22N2O3. The lowest BCUT2D eigenvalue weighted by Crippen LogP contribution is -2.48. The van der Waals surface area contributed by atoms with Crippen LogP contribution in [0.5, 0.6) is 5.75 Å². The van der Waals surface area contributed by atoms with E-state index in [2.05, 4.69) is 11.0 Å². The number of morpholine rings is 1. The van der Waals surface area contributed by atoms with E-state index >= 15 is 0 Å². The zero-order valence-electron chi connectivity index (χ0n) is 12.4. The fourth-order valence-electron chi connectivity index (χ4n) is 2.53. The van der Waals surface area contributed by atoms with Crippen LogP contribution in [0.25, 0.3) is 0 Å². The smallest absolute Gasteiger partial charge is 0.119 e. The average Bonchev–Trinajstić information content (AvgIpc) is 2.51. The van der Waals surface area contributed by atoms with Gasteiger partial charge in [-0.05, 0) is 37.6 Å². The summed E-state index contributed by atoms with van der Waals surface area (Å²) in [6.07, 6.45) is 1.01. The van der Waals surface area contributed by atoms with Crippen LogP contribution < -0.4 is 4.74 Å². The summed E-state index contributed by atoms with van der Waals surface area (Å²) in [5.74, 6) is 0.789. The van der Waals surface area contributed by atoms with Gasteiger partial charge in [0, 0.05) is 19.6 Å². The Morgan fingerprint density at radius 1 is 1.38 bits per heavy atom. The Morgan fingerprint density at radius 3 is 2.81 bits per heavy atom. The highest BCUT2D eigenvalue weighted by molar-refractivity contribution is 5.34. The van der Waals surface area contributed by atoms with Crippen molar-refractivity contribution in [3.8, 4) is 11.8 Å². The molecule has 0 saturated carbocycles. The van der Waals surface area contributed by atoms with Crippen LogP contribution in [0.2, 0.25) is 0 Å². The summed E-state index contributed by atoms with van der Waals surface area (Å²) in [6.45, 7) is 5.34. The highest BCUT2D eigenvalue weighted by Gasteiger charge is 2.23. The second-order valence-electron chi connectivity index (χ2n) is 5.35. The Morgan fingerprint density at radius 2 is 2.14 bits per heavy atom. The summed E-state index contributed by atoms with van der Waals surface area (Å²) in [4.78, 5) is 2.30. The van der Waals surface area contributed by atoms with Gasteiger partial charge in [0.05, 0.1) is 37.1 Å². The molecule has 1 aliphatic rings. The highest BCUT2D eigenvalue weighted by atomic mass is 16.5. The minimum atomic E-state index is -0.0757. The molecule has 2 atom stereocenters. The zero-order chi connectivity index (χ0) is 15.1. The molecule has 0 aliphatic carbocycles. The summed E-state index contributed by atoms with van der Waals surface area (Å²) in [7, 11) is 0. The summed E-state index contributed by atoms with van der Waals surface area (Å²) in [5, 5.41) is 17.9. The zero-order valence-corrected chi connectivity index (χ0v) is 12.4. The van der Waals surface area contributed by atoms with E-state index in [-0.39, 0.29) is 18.8 Å². The molecule has 1 aromatic rings. The number of nitriles is 1. The number of hydrogen-bond donors (Lipinski definition) is 1. The SMILES string of the molecule is CC1CN(CCCOc2ccc(C#N)cc2)CC(CO)O1. The van der Waals surface area contributed by atoms with Crippen LogP contribution >= 0.6 is 0 Å². The third kappa shape index (κ3) is 5.01. The summed E-state index contributed by atoms with van der Waals surface area (Å²) in [5.41, 5.74) is 0.639. The molecule has 0 spiro atoms. The van der Waals surface area contributed by atoms with Crippen LogP contribution in [0.4, 0.5) is 0 Å². The fourth-order valence-corrected chi connectivity index (χ4v) is 2.53. The monoisotopic (exact) mass is 290 g/mol. The Balaban J connectivity index is 1.68. The molecule has 1 N–H and O–H groups in total. The standard InChI is InChI=1S/C16H22N2O3/c1-13-10-18(11-16(12-19)21-13)7-2-8-20-15-5-3-14(9-17)4-6-15/h3-6,13,16,19H,2,7-8,10-12H2,1H3. The molecule has 114 valence electrons. The first-order valence-electron chi connectivity index (χ1n) is 7.33. The van der Waals surface area contributed by atoms with Gasteiger partial charge in [0.1, 0.15) is 5.75 Å². The van der Waals surface area contributed by atoms with Gasteiger partial charge in [-0.15, -0.1) is 0 Å². The second-order valence-corrected chi connectivity index (χ2v) is 5.35. The van der Waals surface area contributed by atoms with Gasteiger partial charge in [-0.3, -0.25) is 4.90 Å². The first-order chi connectivity index (χ1) is 10.2. The van der Waals surface area contributed by atoms with Gasteiger partial charge in [0.15, 0.2) is 0 Å². The number of rotatable bonds is 6. The van der Waals surface area contributed by atoms with Crippen molar-refractivity contribution in [2.24, 2.45) is 0 Å². The van der Waals surface area contributed by atoms with Crippen molar-refractivity contribution in [3.05, 3.63) is 29.8 Å².